The first kappa shape index (κ1) is 5.90. The van der Waals surface area contributed by atoms with Crippen molar-refractivity contribution in [1.82, 2.24) is 0 Å². The van der Waals surface area contributed by atoms with Gasteiger partial charge in [-0.25, -0.2) is 0 Å². The Morgan fingerprint density at radius 1 is 1.57 bits per heavy atom. The van der Waals surface area contributed by atoms with Gasteiger partial charge in [0.1, 0.15) is 12.5 Å². The second-order valence-electron chi connectivity index (χ2n) is 0.734. The molecule has 0 aromatic carbocycles. The number of carbonyl (C=O) groups excluding carboxylic acids is 1. The van der Waals surface area contributed by atoms with Crippen molar-refractivity contribution in [2.24, 2.45) is 0 Å². The number of aldehydes is 1. The van der Waals surface area contributed by atoms with Crippen LogP contribution in [-0.4, -0.2) is 6.29 Å². The standard InChI is InChI=1S/C5H3FO/c6-4-2-1-3-5-7/h1,3,5H/b3-1-. The van der Waals surface area contributed by atoms with E-state index in [1.54, 1.807) is 0 Å². The molecule has 36 valence electrons. The molecular weight excluding hydrogens is 95.1 g/mol. The molecule has 0 aliphatic heterocycles. The molecule has 0 saturated carbocycles. The van der Waals surface area contributed by atoms with E-state index in [2.05, 4.69) is 0 Å². The Morgan fingerprint density at radius 3 is 2.71 bits per heavy atom. The zero-order chi connectivity index (χ0) is 5.54. The summed E-state index contributed by atoms with van der Waals surface area (Å²) in [5, 5.41) is 0. The third-order valence-electron chi connectivity index (χ3n) is 0.313. The molecule has 0 atom stereocenters. The van der Waals surface area contributed by atoms with Gasteiger partial charge < -0.3 is 0 Å². The molecule has 0 aromatic heterocycles. The van der Waals surface area contributed by atoms with Crippen LogP contribution in [0.2, 0.25) is 0 Å². The Morgan fingerprint density at radius 2 is 2.29 bits per heavy atom. The van der Waals surface area contributed by atoms with E-state index in [0.717, 1.165) is 18.3 Å². The largest absolute Gasteiger partial charge is 0.299 e. The van der Waals surface area contributed by atoms with Crippen molar-refractivity contribution >= 4 is 6.29 Å². The van der Waals surface area contributed by atoms with Gasteiger partial charge in [0.15, 0.2) is 0 Å². The predicted octanol–water partition coefficient (Wildman–Crippen LogP) is 0.672. The van der Waals surface area contributed by atoms with Gasteiger partial charge in [-0.1, -0.05) is 0 Å². The topological polar surface area (TPSA) is 17.1 Å². The van der Waals surface area contributed by atoms with E-state index in [1.165, 1.54) is 0 Å². The minimum absolute atomic E-state index is 0.532. The highest BCUT2D eigenvalue weighted by Crippen LogP contribution is 1.61. The summed E-state index contributed by atoms with van der Waals surface area (Å²) >= 11 is 0. The van der Waals surface area contributed by atoms with Crippen molar-refractivity contribution < 1.29 is 9.18 Å². The maximum absolute atomic E-state index is 10.8. The maximum atomic E-state index is 10.8. The molecule has 0 heterocycles. The molecule has 0 rings (SSSR count). The van der Waals surface area contributed by atoms with Gasteiger partial charge >= 0.3 is 0 Å². The Balaban J connectivity index is 3.40. The Bertz CT molecular complexity index is 127. The maximum Gasteiger partial charge on any atom is 0.143 e. The molecule has 2 heteroatoms. The van der Waals surface area contributed by atoms with Gasteiger partial charge in [0.05, 0.1) is 0 Å². The fourth-order valence-electron chi connectivity index (χ4n) is 0.119. The predicted molar refractivity (Wildman–Crippen MR) is 24.1 cm³/mol. The molecule has 0 aliphatic carbocycles. The molecule has 0 saturated heterocycles. The summed E-state index contributed by atoms with van der Waals surface area (Å²) in [6.07, 6.45) is 3.89. The van der Waals surface area contributed by atoms with E-state index in [4.69, 9.17) is 0 Å². The summed E-state index contributed by atoms with van der Waals surface area (Å²) < 4.78 is 10.8. The molecule has 0 radical (unpaired) electrons. The smallest absolute Gasteiger partial charge is 0.143 e. The summed E-state index contributed by atoms with van der Waals surface area (Å²) in [4.78, 5) is 9.40. The second kappa shape index (κ2) is 4.90. The SMILES string of the molecule is O=C/C=C\C#CF. The molecular formula is C5H3FO. The van der Waals surface area contributed by atoms with Crippen LogP contribution < -0.4 is 0 Å². The Kier molecular flexibility index (Phi) is 4.13. The molecule has 1 nitrogen and oxygen atoms in total. The minimum atomic E-state index is 0.532. The summed E-state index contributed by atoms with van der Waals surface area (Å²) in [6, 6.07) is 0. The van der Waals surface area contributed by atoms with Crippen LogP contribution in [-0.2, 0) is 4.79 Å². The third kappa shape index (κ3) is 4.90. The third-order valence-corrected chi connectivity index (χ3v) is 0.313. The van der Waals surface area contributed by atoms with Gasteiger partial charge in [-0.05, 0) is 18.1 Å². The van der Waals surface area contributed by atoms with Crippen molar-refractivity contribution in [2.75, 3.05) is 0 Å². The van der Waals surface area contributed by atoms with Crippen LogP contribution in [0.3, 0.4) is 0 Å². The summed E-state index contributed by atoms with van der Waals surface area (Å²) in [5.41, 5.74) is 0. The van der Waals surface area contributed by atoms with Gasteiger partial charge in [-0.2, -0.15) is 0 Å². The Labute approximate surface area is 40.8 Å². The average molecular weight is 98.1 g/mol. The minimum Gasteiger partial charge on any atom is -0.299 e. The van der Waals surface area contributed by atoms with Crippen molar-refractivity contribution in [2.45, 2.75) is 0 Å². The van der Waals surface area contributed by atoms with Crippen LogP contribution in [0.4, 0.5) is 4.39 Å². The summed E-state index contributed by atoms with van der Waals surface area (Å²) in [7, 11) is 0. The molecule has 0 N–H and O–H groups in total. The van der Waals surface area contributed by atoms with E-state index >= 15 is 0 Å². The second-order valence-corrected chi connectivity index (χ2v) is 0.734. The lowest BCUT2D eigenvalue weighted by Gasteiger charge is -1.54. The zero-order valence-corrected chi connectivity index (χ0v) is 3.52. The van der Waals surface area contributed by atoms with Crippen LogP contribution in [0.5, 0.6) is 0 Å². The zero-order valence-electron chi connectivity index (χ0n) is 3.52. The van der Waals surface area contributed by atoms with Crippen molar-refractivity contribution in [3.63, 3.8) is 0 Å². The van der Waals surface area contributed by atoms with Gasteiger partial charge in [-0.15, -0.1) is 4.39 Å². The van der Waals surface area contributed by atoms with Gasteiger partial charge in [-0.3, -0.25) is 4.79 Å². The van der Waals surface area contributed by atoms with Crippen molar-refractivity contribution in [1.29, 1.82) is 0 Å². The van der Waals surface area contributed by atoms with Gasteiger partial charge in [0.25, 0.3) is 0 Å². The van der Waals surface area contributed by atoms with Crippen molar-refractivity contribution in [3.05, 3.63) is 12.2 Å². The van der Waals surface area contributed by atoms with Crippen LogP contribution in [0.15, 0.2) is 12.2 Å². The highest BCUT2D eigenvalue weighted by Gasteiger charge is 1.56. The molecule has 0 spiro atoms. The van der Waals surface area contributed by atoms with Gasteiger partial charge in [0, 0.05) is 0 Å². The number of carbonyl (C=O) groups is 1. The van der Waals surface area contributed by atoms with Gasteiger partial charge in [0.2, 0.25) is 0 Å². The monoisotopic (exact) mass is 98.0 g/mol. The number of halogens is 1. The lowest BCUT2D eigenvalue weighted by molar-refractivity contribution is -0.104. The van der Waals surface area contributed by atoms with Crippen LogP contribution in [0.1, 0.15) is 0 Å². The van der Waals surface area contributed by atoms with E-state index in [0.29, 0.717) is 6.29 Å². The van der Waals surface area contributed by atoms with Crippen LogP contribution in [0.25, 0.3) is 0 Å². The molecule has 0 aliphatic rings. The molecule has 0 fully saturated rings. The normalized spacial score (nSPS) is 7.57. The first-order valence-electron chi connectivity index (χ1n) is 1.63. The molecule has 7 heavy (non-hydrogen) atoms. The number of hydrogen-bond donors (Lipinski definition) is 0. The summed E-state index contributed by atoms with van der Waals surface area (Å²) in [5.74, 6) is 1.92. The fraction of sp³-hybridized carbons (Fsp3) is 0. The van der Waals surface area contributed by atoms with E-state index in [9.17, 15) is 9.18 Å². The lowest BCUT2D eigenvalue weighted by Crippen LogP contribution is -1.54. The molecule has 0 amide bonds. The first-order chi connectivity index (χ1) is 3.41. The number of allylic oxidation sites excluding steroid dienone is 2. The van der Waals surface area contributed by atoms with E-state index in [-0.39, 0.29) is 0 Å². The number of rotatable bonds is 1. The quantitative estimate of drug-likeness (QED) is 0.267. The lowest BCUT2D eigenvalue weighted by atomic mass is 10.5. The number of hydrogen-bond acceptors (Lipinski definition) is 1. The highest BCUT2D eigenvalue weighted by molar-refractivity contribution is 5.65. The van der Waals surface area contributed by atoms with Crippen LogP contribution >= 0.6 is 0 Å². The molecule has 0 bridgehead atoms. The van der Waals surface area contributed by atoms with Crippen molar-refractivity contribution in [3.8, 4) is 12.1 Å². The summed E-state index contributed by atoms with van der Waals surface area (Å²) in [6.45, 7) is 0. The van der Waals surface area contributed by atoms with E-state index < -0.39 is 0 Å². The molecule has 0 aromatic rings. The fourth-order valence-corrected chi connectivity index (χ4v) is 0.119. The van der Waals surface area contributed by atoms with Crippen LogP contribution in [0, 0.1) is 12.1 Å². The average Bonchev–Trinajstić information content (AvgIpc) is 1.69. The first-order valence-corrected chi connectivity index (χ1v) is 1.63. The highest BCUT2D eigenvalue weighted by atomic mass is 19.1. The van der Waals surface area contributed by atoms with E-state index in [1.807, 2.05) is 5.92 Å². The Hall–Kier alpha value is -1.10. The molecule has 0 unspecified atom stereocenters.